The normalized spacial score (nSPS) is 12.3. The van der Waals surface area contributed by atoms with Crippen molar-refractivity contribution < 1.29 is 9.90 Å². The molecule has 4 heteroatoms. The lowest BCUT2D eigenvalue weighted by Crippen LogP contribution is -2.03. The monoisotopic (exact) mass is 275 g/mol. The highest BCUT2D eigenvalue weighted by Crippen LogP contribution is 2.33. The number of carbonyl (C=O) groups is 1. The van der Waals surface area contributed by atoms with Crippen LogP contribution in [-0.4, -0.2) is 17.6 Å². The Kier molecular flexibility index (Phi) is 4.35. The summed E-state index contributed by atoms with van der Waals surface area (Å²) in [6.45, 7) is 2.85. The molecular formula is C15H17NO2S. The summed E-state index contributed by atoms with van der Waals surface area (Å²) in [5.74, 6) is -0.443. The molecule has 3 nitrogen and oxygen atoms in total. The van der Waals surface area contributed by atoms with E-state index in [9.17, 15) is 4.79 Å². The Balaban J connectivity index is 2.27. The van der Waals surface area contributed by atoms with E-state index in [0.717, 1.165) is 16.9 Å². The largest absolute Gasteiger partial charge is 0.478 e. The molecule has 1 heterocycles. The van der Waals surface area contributed by atoms with Gasteiger partial charge in [0.15, 0.2) is 0 Å². The van der Waals surface area contributed by atoms with Crippen molar-refractivity contribution in [1.29, 1.82) is 0 Å². The number of hydrogen-bond acceptors (Lipinski definition) is 3. The van der Waals surface area contributed by atoms with Gasteiger partial charge in [-0.3, -0.25) is 0 Å². The van der Waals surface area contributed by atoms with Crippen LogP contribution in [0.15, 0.2) is 36.4 Å². The lowest BCUT2D eigenvalue weighted by Gasteiger charge is -2.06. The van der Waals surface area contributed by atoms with Crippen LogP contribution in [0, 0.1) is 0 Å². The summed E-state index contributed by atoms with van der Waals surface area (Å²) in [4.78, 5) is 13.4. The summed E-state index contributed by atoms with van der Waals surface area (Å²) in [7, 11) is 0. The van der Waals surface area contributed by atoms with Crippen LogP contribution in [0.4, 0.5) is 0 Å². The molecule has 1 atom stereocenters. The molecule has 0 aliphatic rings. The van der Waals surface area contributed by atoms with Crippen molar-refractivity contribution in [3.8, 4) is 10.4 Å². The Morgan fingerprint density at radius 2 is 2.16 bits per heavy atom. The Morgan fingerprint density at radius 3 is 2.84 bits per heavy atom. The molecule has 0 amide bonds. The first-order valence-electron chi connectivity index (χ1n) is 6.25. The smallest absolute Gasteiger partial charge is 0.335 e. The van der Waals surface area contributed by atoms with Gasteiger partial charge < -0.3 is 10.8 Å². The number of carboxylic acids is 1. The van der Waals surface area contributed by atoms with E-state index in [0.29, 0.717) is 18.0 Å². The van der Waals surface area contributed by atoms with Gasteiger partial charge >= 0.3 is 5.97 Å². The summed E-state index contributed by atoms with van der Waals surface area (Å²) >= 11 is 1.71. The lowest BCUT2D eigenvalue weighted by atomic mass is 10.1. The van der Waals surface area contributed by atoms with Crippen molar-refractivity contribution in [3.63, 3.8) is 0 Å². The molecular weight excluding hydrogens is 258 g/mol. The van der Waals surface area contributed by atoms with Crippen molar-refractivity contribution >= 4 is 17.3 Å². The number of benzene rings is 1. The molecule has 0 spiro atoms. The molecule has 1 unspecified atom stereocenters. The summed E-state index contributed by atoms with van der Waals surface area (Å²) < 4.78 is 0. The van der Waals surface area contributed by atoms with Crippen LogP contribution >= 0.6 is 11.3 Å². The van der Waals surface area contributed by atoms with Crippen LogP contribution in [0.2, 0.25) is 0 Å². The highest BCUT2D eigenvalue weighted by atomic mass is 32.1. The maximum absolute atomic E-state index is 11.0. The molecule has 1 aromatic carbocycles. The van der Waals surface area contributed by atoms with E-state index in [2.05, 4.69) is 13.0 Å². The van der Waals surface area contributed by atoms with Crippen LogP contribution < -0.4 is 5.73 Å². The topological polar surface area (TPSA) is 63.3 Å². The number of nitrogens with two attached hydrogens (primary N) is 1. The van der Waals surface area contributed by atoms with Crippen LogP contribution in [-0.2, 0) is 0 Å². The minimum atomic E-state index is -0.893. The van der Waals surface area contributed by atoms with Gasteiger partial charge in [-0.25, -0.2) is 4.79 Å². The number of carboxylic acid groups (broad SMARTS) is 1. The zero-order valence-corrected chi connectivity index (χ0v) is 11.6. The lowest BCUT2D eigenvalue weighted by molar-refractivity contribution is 0.0697. The van der Waals surface area contributed by atoms with E-state index in [1.165, 1.54) is 4.88 Å². The molecule has 100 valence electrons. The second-order valence-corrected chi connectivity index (χ2v) is 5.68. The molecule has 1 aromatic heterocycles. The minimum absolute atomic E-state index is 0.322. The Hall–Kier alpha value is -1.65. The Morgan fingerprint density at radius 1 is 1.37 bits per heavy atom. The molecule has 0 saturated carbocycles. The molecule has 0 aliphatic heterocycles. The summed E-state index contributed by atoms with van der Waals surface area (Å²) in [6, 6.07) is 11.2. The van der Waals surface area contributed by atoms with Crippen molar-refractivity contribution in [2.24, 2.45) is 5.73 Å². The highest BCUT2D eigenvalue weighted by Gasteiger charge is 2.10. The van der Waals surface area contributed by atoms with E-state index < -0.39 is 5.97 Å². The predicted molar refractivity (Wildman–Crippen MR) is 78.8 cm³/mol. The van der Waals surface area contributed by atoms with E-state index >= 15 is 0 Å². The number of hydrogen-bond donors (Lipinski definition) is 2. The van der Waals surface area contributed by atoms with E-state index in [1.807, 2.05) is 12.1 Å². The Labute approximate surface area is 116 Å². The number of rotatable bonds is 5. The average Bonchev–Trinajstić information content (AvgIpc) is 2.89. The summed E-state index contributed by atoms with van der Waals surface area (Å²) in [6.07, 6.45) is 0.967. The third-order valence-electron chi connectivity index (χ3n) is 3.11. The molecule has 2 aromatic rings. The predicted octanol–water partition coefficient (Wildman–Crippen LogP) is 3.57. The maximum atomic E-state index is 11.0. The van der Waals surface area contributed by atoms with Crippen molar-refractivity contribution in [2.45, 2.75) is 19.3 Å². The van der Waals surface area contributed by atoms with Gasteiger partial charge in [-0.2, -0.15) is 0 Å². The van der Waals surface area contributed by atoms with Gasteiger partial charge in [-0.15, -0.1) is 11.3 Å². The quantitative estimate of drug-likeness (QED) is 0.877. The maximum Gasteiger partial charge on any atom is 0.335 e. The third-order valence-corrected chi connectivity index (χ3v) is 4.47. The van der Waals surface area contributed by atoms with Gasteiger partial charge in [0.25, 0.3) is 0 Å². The molecule has 0 aliphatic carbocycles. The first kappa shape index (κ1) is 13.8. The van der Waals surface area contributed by atoms with Gasteiger partial charge in [0.1, 0.15) is 0 Å². The molecule has 3 N–H and O–H groups in total. The van der Waals surface area contributed by atoms with E-state index in [4.69, 9.17) is 10.8 Å². The molecule has 0 saturated heterocycles. The van der Waals surface area contributed by atoms with Gasteiger partial charge in [-0.05, 0) is 48.7 Å². The Bertz CT molecular complexity index is 577. The van der Waals surface area contributed by atoms with Crippen molar-refractivity contribution in [1.82, 2.24) is 0 Å². The molecule has 2 rings (SSSR count). The third kappa shape index (κ3) is 3.22. The van der Waals surface area contributed by atoms with Gasteiger partial charge in [-0.1, -0.05) is 19.1 Å². The SMILES string of the molecule is CC(CCN)c1ccc(-c2cccc(C(=O)O)c2)s1. The van der Waals surface area contributed by atoms with Crippen molar-refractivity contribution in [3.05, 3.63) is 46.8 Å². The standard InChI is InChI=1S/C15H17NO2S/c1-10(7-8-16)13-5-6-14(19-13)11-3-2-4-12(9-11)15(17)18/h2-6,9-10H,7-8,16H2,1H3,(H,17,18). The average molecular weight is 275 g/mol. The second kappa shape index (κ2) is 5.99. The summed E-state index contributed by atoms with van der Waals surface area (Å²) in [5, 5.41) is 9.01. The zero-order chi connectivity index (χ0) is 13.8. The first-order chi connectivity index (χ1) is 9.11. The molecule has 0 bridgehead atoms. The fraction of sp³-hybridized carbons (Fsp3) is 0.267. The van der Waals surface area contributed by atoms with Gasteiger partial charge in [0.2, 0.25) is 0 Å². The van der Waals surface area contributed by atoms with E-state index in [1.54, 1.807) is 29.5 Å². The summed E-state index contributed by atoms with van der Waals surface area (Å²) in [5.41, 5.74) is 6.85. The zero-order valence-electron chi connectivity index (χ0n) is 10.8. The second-order valence-electron chi connectivity index (χ2n) is 4.57. The van der Waals surface area contributed by atoms with Crippen LogP contribution in [0.25, 0.3) is 10.4 Å². The minimum Gasteiger partial charge on any atom is -0.478 e. The number of aromatic carboxylic acids is 1. The van der Waals surface area contributed by atoms with Crippen LogP contribution in [0.3, 0.4) is 0 Å². The van der Waals surface area contributed by atoms with Crippen LogP contribution in [0.5, 0.6) is 0 Å². The highest BCUT2D eigenvalue weighted by molar-refractivity contribution is 7.15. The van der Waals surface area contributed by atoms with E-state index in [-0.39, 0.29) is 0 Å². The number of thiophene rings is 1. The van der Waals surface area contributed by atoms with Crippen LogP contribution in [0.1, 0.15) is 34.5 Å². The van der Waals surface area contributed by atoms with Crippen molar-refractivity contribution in [2.75, 3.05) is 6.54 Å². The molecule has 0 fully saturated rings. The van der Waals surface area contributed by atoms with Gasteiger partial charge in [0.05, 0.1) is 5.56 Å². The fourth-order valence-corrected chi connectivity index (χ4v) is 3.06. The fourth-order valence-electron chi connectivity index (χ4n) is 1.97. The van der Waals surface area contributed by atoms with Gasteiger partial charge in [0, 0.05) is 9.75 Å². The molecule has 19 heavy (non-hydrogen) atoms. The molecule has 0 radical (unpaired) electrons. The first-order valence-corrected chi connectivity index (χ1v) is 7.07.